The van der Waals surface area contributed by atoms with Crippen LogP contribution in [0.4, 0.5) is 15.9 Å². The van der Waals surface area contributed by atoms with Gasteiger partial charge in [0, 0.05) is 27.4 Å². The second-order valence-electron chi connectivity index (χ2n) is 6.82. The van der Waals surface area contributed by atoms with E-state index in [1.807, 2.05) is 57.2 Å². The van der Waals surface area contributed by atoms with E-state index >= 15 is 4.39 Å². The number of allylic oxidation sites excluding steroid dienone is 1. The molecule has 0 radical (unpaired) electrons. The van der Waals surface area contributed by atoms with Gasteiger partial charge in [-0.3, -0.25) is 0 Å². The van der Waals surface area contributed by atoms with Crippen LogP contribution >= 0.6 is 23.5 Å². The number of rotatable bonds is 5. The first-order valence-corrected chi connectivity index (χ1v) is 10.4. The SMILES string of the molecule is C=C(C)Nc1ccc(C#Cc2c(C)ccc(NSc3cc(Cl)ccc3C)c2F)cn1. The van der Waals surface area contributed by atoms with Crippen LogP contribution < -0.4 is 10.0 Å². The third-order valence-electron chi connectivity index (χ3n) is 4.21. The Balaban J connectivity index is 1.80. The summed E-state index contributed by atoms with van der Waals surface area (Å²) in [6, 6.07) is 12.8. The summed E-state index contributed by atoms with van der Waals surface area (Å²) in [4.78, 5) is 5.21. The van der Waals surface area contributed by atoms with Crippen molar-refractivity contribution in [1.29, 1.82) is 0 Å². The van der Waals surface area contributed by atoms with Gasteiger partial charge in [-0.1, -0.05) is 42.2 Å². The first kappa shape index (κ1) is 21.8. The lowest BCUT2D eigenvalue weighted by molar-refractivity contribution is 0.628. The number of nitrogens with one attached hydrogen (secondary N) is 2. The molecule has 3 rings (SSSR count). The van der Waals surface area contributed by atoms with E-state index in [-0.39, 0.29) is 5.82 Å². The smallest absolute Gasteiger partial charge is 0.163 e. The van der Waals surface area contributed by atoms with E-state index in [2.05, 4.69) is 33.4 Å². The average molecular weight is 438 g/mol. The van der Waals surface area contributed by atoms with Gasteiger partial charge >= 0.3 is 0 Å². The van der Waals surface area contributed by atoms with Gasteiger partial charge < -0.3 is 10.0 Å². The van der Waals surface area contributed by atoms with Gasteiger partial charge in [0.1, 0.15) is 5.82 Å². The fourth-order valence-electron chi connectivity index (χ4n) is 2.59. The third kappa shape index (κ3) is 5.56. The summed E-state index contributed by atoms with van der Waals surface area (Å²) in [7, 11) is 0. The molecule has 0 spiro atoms. The number of hydrogen-bond acceptors (Lipinski definition) is 4. The molecule has 0 bridgehead atoms. The summed E-state index contributed by atoms with van der Waals surface area (Å²) in [6.45, 7) is 9.46. The van der Waals surface area contributed by atoms with Crippen molar-refractivity contribution in [3.63, 3.8) is 0 Å². The molecule has 6 heteroatoms. The number of anilines is 2. The molecule has 0 fully saturated rings. The number of benzene rings is 2. The zero-order valence-corrected chi connectivity index (χ0v) is 18.5. The predicted octanol–water partition coefficient (Wildman–Crippen LogP) is 6.96. The number of aromatic nitrogens is 1. The van der Waals surface area contributed by atoms with E-state index in [1.54, 1.807) is 12.3 Å². The first-order valence-electron chi connectivity index (χ1n) is 9.22. The molecule has 3 nitrogen and oxygen atoms in total. The highest BCUT2D eigenvalue weighted by Gasteiger charge is 2.11. The predicted molar refractivity (Wildman–Crippen MR) is 125 cm³/mol. The summed E-state index contributed by atoms with van der Waals surface area (Å²) >= 11 is 7.38. The normalized spacial score (nSPS) is 10.2. The van der Waals surface area contributed by atoms with Gasteiger partial charge in [0.25, 0.3) is 0 Å². The Morgan fingerprint density at radius 3 is 2.57 bits per heavy atom. The Morgan fingerprint density at radius 2 is 1.87 bits per heavy atom. The zero-order valence-electron chi connectivity index (χ0n) is 16.9. The van der Waals surface area contributed by atoms with Gasteiger partial charge in [0.05, 0.1) is 11.3 Å². The van der Waals surface area contributed by atoms with Gasteiger partial charge in [-0.15, -0.1) is 0 Å². The van der Waals surface area contributed by atoms with E-state index in [0.717, 1.165) is 21.7 Å². The fraction of sp³-hybridized carbons (Fsp3) is 0.125. The van der Waals surface area contributed by atoms with Crippen LogP contribution in [0.2, 0.25) is 5.02 Å². The van der Waals surface area contributed by atoms with Crippen molar-refractivity contribution in [1.82, 2.24) is 4.98 Å². The molecule has 0 atom stereocenters. The number of pyridine rings is 1. The Kier molecular flexibility index (Phi) is 7.04. The number of aryl methyl sites for hydroxylation is 2. The molecule has 3 aromatic rings. The molecule has 152 valence electrons. The van der Waals surface area contributed by atoms with E-state index in [1.165, 1.54) is 11.9 Å². The van der Waals surface area contributed by atoms with Crippen molar-refractivity contribution in [3.8, 4) is 11.8 Å². The Bertz CT molecular complexity index is 1150. The van der Waals surface area contributed by atoms with Gasteiger partial charge in [0.2, 0.25) is 0 Å². The summed E-state index contributed by atoms with van der Waals surface area (Å²) in [6.07, 6.45) is 1.64. The molecule has 0 aliphatic rings. The van der Waals surface area contributed by atoms with Crippen LogP contribution in [-0.4, -0.2) is 4.98 Å². The topological polar surface area (TPSA) is 37.0 Å². The lowest BCUT2D eigenvalue weighted by Gasteiger charge is -2.11. The summed E-state index contributed by atoms with van der Waals surface area (Å²) in [5.74, 6) is 6.23. The van der Waals surface area contributed by atoms with Crippen molar-refractivity contribution in [3.05, 3.63) is 94.0 Å². The van der Waals surface area contributed by atoms with Crippen molar-refractivity contribution >= 4 is 35.1 Å². The molecule has 30 heavy (non-hydrogen) atoms. The van der Waals surface area contributed by atoms with E-state index in [4.69, 9.17) is 11.6 Å². The number of nitrogens with zero attached hydrogens (tertiary/aromatic N) is 1. The van der Waals surface area contributed by atoms with Crippen LogP contribution in [0.15, 0.2) is 65.8 Å². The molecule has 0 saturated carbocycles. The van der Waals surface area contributed by atoms with Gasteiger partial charge in [-0.05, 0) is 74.2 Å². The molecule has 0 aliphatic carbocycles. The highest BCUT2D eigenvalue weighted by Crippen LogP contribution is 2.29. The number of halogens is 2. The van der Waals surface area contributed by atoms with E-state index in [9.17, 15) is 0 Å². The van der Waals surface area contributed by atoms with Crippen LogP contribution in [0, 0.1) is 31.5 Å². The third-order valence-corrected chi connectivity index (χ3v) is 5.43. The molecule has 2 N–H and O–H groups in total. The maximum absolute atomic E-state index is 15.1. The molecule has 1 aromatic heterocycles. The maximum atomic E-state index is 15.1. The molecule has 0 unspecified atom stereocenters. The molecule has 2 aromatic carbocycles. The standard InChI is InChI=1S/C24H21ClFN3S/c1-15(2)28-23-12-8-18(14-27-23)7-10-20-16(3)6-11-21(24(20)26)29-30-22-13-19(25)9-5-17(22)4/h5-6,8-9,11-14,29H,1H2,2-4H3,(H,27,28). The Hall–Kier alpha value is -2.94. The van der Waals surface area contributed by atoms with E-state index < -0.39 is 0 Å². The number of hydrogen-bond donors (Lipinski definition) is 2. The van der Waals surface area contributed by atoms with Gasteiger partial charge in [0.15, 0.2) is 5.82 Å². The summed E-state index contributed by atoms with van der Waals surface area (Å²) in [5, 5.41) is 3.67. The van der Waals surface area contributed by atoms with Crippen molar-refractivity contribution < 1.29 is 4.39 Å². The van der Waals surface area contributed by atoms with Gasteiger partial charge in [-0.25, -0.2) is 9.37 Å². The second kappa shape index (κ2) is 9.71. The first-order chi connectivity index (χ1) is 14.3. The fourth-order valence-corrected chi connectivity index (χ4v) is 3.62. The van der Waals surface area contributed by atoms with Crippen LogP contribution in [0.5, 0.6) is 0 Å². The maximum Gasteiger partial charge on any atom is 0.163 e. The minimum Gasteiger partial charge on any atom is -0.345 e. The Labute approximate surface area is 185 Å². The largest absolute Gasteiger partial charge is 0.345 e. The lowest BCUT2D eigenvalue weighted by Crippen LogP contribution is -1.97. The minimum atomic E-state index is -0.386. The van der Waals surface area contributed by atoms with Crippen LogP contribution in [0.3, 0.4) is 0 Å². The van der Waals surface area contributed by atoms with Crippen LogP contribution in [0.25, 0.3) is 0 Å². The van der Waals surface area contributed by atoms with Crippen molar-refractivity contribution in [2.75, 3.05) is 10.0 Å². The molecule has 0 amide bonds. The van der Waals surface area contributed by atoms with E-state index in [0.29, 0.717) is 27.7 Å². The monoisotopic (exact) mass is 437 g/mol. The van der Waals surface area contributed by atoms with Crippen molar-refractivity contribution in [2.24, 2.45) is 0 Å². The highest BCUT2D eigenvalue weighted by molar-refractivity contribution is 8.00. The summed E-state index contributed by atoms with van der Waals surface area (Å²) < 4.78 is 18.2. The molecule has 0 saturated heterocycles. The zero-order chi connectivity index (χ0) is 21.7. The van der Waals surface area contributed by atoms with Gasteiger partial charge in [-0.2, -0.15) is 0 Å². The minimum absolute atomic E-state index is 0.354. The molecule has 1 heterocycles. The lowest BCUT2D eigenvalue weighted by atomic mass is 10.1. The molecule has 0 aliphatic heterocycles. The van der Waals surface area contributed by atoms with Crippen LogP contribution in [-0.2, 0) is 0 Å². The van der Waals surface area contributed by atoms with Crippen molar-refractivity contribution in [2.45, 2.75) is 25.7 Å². The van der Waals surface area contributed by atoms with Crippen LogP contribution in [0.1, 0.15) is 29.2 Å². The second-order valence-corrected chi connectivity index (χ2v) is 8.10. The average Bonchev–Trinajstić information content (AvgIpc) is 2.70. The molecular formula is C24H21ClFN3S. The Morgan fingerprint density at radius 1 is 1.10 bits per heavy atom. The molecular weight excluding hydrogens is 417 g/mol. The summed E-state index contributed by atoms with van der Waals surface area (Å²) in [5.41, 5.74) is 4.04. The highest BCUT2D eigenvalue weighted by atomic mass is 35.5. The quantitative estimate of drug-likeness (QED) is 0.334.